The molecule has 4 aromatic rings. The minimum atomic E-state index is -0.237. The molecule has 0 saturated heterocycles. The van der Waals surface area contributed by atoms with Gasteiger partial charge in [0.2, 0.25) is 0 Å². The van der Waals surface area contributed by atoms with Gasteiger partial charge in [0.25, 0.3) is 5.91 Å². The van der Waals surface area contributed by atoms with E-state index in [2.05, 4.69) is 23.5 Å². The molecule has 4 rings (SSSR count). The molecule has 3 heterocycles. The Morgan fingerprint density at radius 2 is 1.96 bits per heavy atom. The lowest BCUT2D eigenvalue weighted by Crippen LogP contribution is -2.19. The fraction of sp³-hybridized carbons (Fsp3) is 0.0952. The first-order valence-corrected chi connectivity index (χ1v) is 10.2. The third-order valence-corrected chi connectivity index (χ3v) is 6.16. The van der Waals surface area contributed by atoms with Gasteiger partial charge in [0.1, 0.15) is 0 Å². The predicted molar refractivity (Wildman–Crippen MR) is 114 cm³/mol. The van der Waals surface area contributed by atoms with E-state index < -0.39 is 0 Å². The fourth-order valence-corrected chi connectivity index (χ4v) is 4.30. The molecular formula is C21H17N3OS2. The topological polar surface area (TPSA) is 54.4 Å². The summed E-state index contributed by atoms with van der Waals surface area (Å²) in [6.07, 6.45) is 0. The van der Waals surface area contributed by atoms with Gasteiger partial charge in [0.15, 0.2) is 0 Å². The quantitative estimate of drug-likeness (QED) is 0.369. The molecule has 134 valence electrons. The summed E-state index contributed by atoms with van der Waals surface area (Å²) >= 11 is 3.26. The molecule has 0 radical (unpaired) electrons. The predicted octanol–water partition coefficient (Wildman–Crippen LogP) is 5.49. The molecule has 0 saturated carbocycles. The largest absolute Gasteiger partial charge is 0.272 e. The van der Waals surface area contributed by atoms with Crippen LogP contribution in [0.1, 0.15) is 27.0 Å². The number of hydrazone groups is 1. The Morgan fingerprint density at radius 1 is 1.11 bits per heavy atom. The summed E-state index contributed by atoms with van der Waals surface area (Å²) in [6, 6.07) is 17.6. The van der Waals surface area contributed by atoms with Gasteiger partial charge in [-0.05, 0) is 49.6 Å². The van der Waals surface area contributed by atoms with E-state index in [0.29, 0.717) is 5.56 Å². The third-order valence-electron chi connectivity index (χ3n) is 4.16. The molecule has 0 aliphatic rings. The molecule has 0 bridgehead atoms. The number of amides is 1. The molecule has 3 aromatic heterocycles. The van der Waals surface area contributed by atoms with Crippen LogP contribution in [-0.4, -0.2) is 16.6 Å². The Bertz CT molecular complexity index is 1140. The van der Waals surface area contributed by atoms with Gasteiger partial charge in [-0.25, -0.2) is 10.4 Å². The van der Waals surface area contributed by atoms with Crippen LogP contribution in [0.25, 0.3) is 21.5 Å². The van der Waals surface area contributed by atoms with Gasteiger partial charge in [-0.2, -0.15) is 5.10 Å². The average Bonchev–Trinajstić information content (AvgIpc) is 3.37. The van der Waals surface area contributed by atoms with Crippen LogP contribution in [-0.2, 0) is 0 Å². The molecule has 0 aliphatic heterocycles. The van der Waals surface area contributed by atoms with E-state index >= 15 is 0 Å². The molecule has 0 unspecified atom stereocenters. The van der Waals surface area contributed by atoms with E-state index in [-0.39, 0.29) is 5.91 Å². The number of hydrogen-bond acceptors (Lipinski definition) is 5. The van der Waals surface area contributed by atoms with Gasteiger partial charge >= 0.3 is 0 Å². The number of carbonyl (C=O) groups is 1. The summed E-state index contributed by atoms with van der Waals surface area (Å²) in [6.45, 7) is 3.95. The Labute approximate surface area is 165 Å². The number of pyridine rings is 1. The van der Waals surface area contributed by atoms with Gasteiger partial charge in [0, 0.05) is 15.1 Å². The molecule has 0 fully saturated rings. The Morgan fingerprint density at radius 3 is 2.70 bits per heavy atom. The van der Waals surface area contributed by atoms with E-state index in [4.69, 9.17) is 4.98 Å². The van der Waals surface area contributed by atoms with E-state index in [1.807, 2.05) is 60.8 Å². The van der Waals surface area contributed by atoms with Gasteiger partial charge in [-0.15, -0.1) is 22.7 Å². The van der Waals surface area contributed by atoms with Crippen molar-refractivity contribution in [3.63, 3.8) is 0 Å². The number of fused-ring (bicyclic) bond motifs is 1. The van der Waals surface area contributed by atoms with Crippen molar-refractivity contribution in [2.75, 3.05) is 0 Å². The van der Waals surface area contributed by atoms with Crippen molar-refractivity contribution in [3.05, 3.63) is 75.3 Å². The summed E-state index contributed by atoms with van der Waals surface area (Å²) in [5.74, 6) is -0.237. The summed E-state index contributed by atoms with van der Waals surface area (Å²) in [4.78, 5) is 20.9. The lowest BCUT2D eigenvalue weighted by molar-refractivity contribution is 0.0956. The molecule has 0 atom stereocenters. The maximum atomic E-state index is 12.9. The van der Waals surface area contributed by atoms with Crippen LogP contribution in [0.4, 0.5) is 0 Å². The minimum Gasteiger partial charge on any atom is -0.267 e. The van der Waals surface area contributed by atoms with Gasteiger partial charge in [0.05, 0.1) is 27.4 Å². The number of nitrogens with one attached hydrogen (secondary N) is 1. The second kappa shape index (κ2) is 7.42. The number of nitrogens with zero attached hydrogens (tertiary/aromatic N) is 2. The highest BCUT2D eigenvalue weighted by molar-refractivity contribution is 7.15. The van der Waals surface area contributed by atoms with Crippen LogP contribution in [0.5, 0.6) is 0 Å². The van der Waals surface area contributed by atoms with Gasteiger partial charge in [-0.1, -0.05) is 24.3 Å². The van der Waals surface area contributed by atoms with Crippen LogP contribution in [0.15, 0.2) is 65.1 Å². The number of thiophene rings is 2. The highest BCUT2D eigenvalue weighted by Crippen LogP contribution is 2.29. The second-order valence-electron chi connectivity index (χ2n) is 6.10. The van der Waals surface area contributed by atoms with Crippen molar-refractivity contribution in [2.45, 2.75) is 13.8 Å². The van der Waals surface area contributed by atoms with Crippen molar-refractivity contribution in [3.8, 4) is 10.6 Å². The van der Waals surface area contributed by atoms with Crippen LogP contribution in [0.2, 0.25) is 0 Å². The average molecular weight is 392 g/mol. The Balaban J connectivity index is 1.73. The SMILES string of the molecule is C/C(=N\NC(=O)c1cc(-c2ccc(C)s2)nc2ccccc12)c1cccs1. The molecule has 1 amide bonds. The molecule has 0 aliphatic carbocycles. The maximum Gasteiger partial charge on any atom is 0.272 e. The summed E-state index contributed by atoms with van der Waals surface area (Å²) in [5, 5.41) is 7.07. The molecule has 4 nitrogen and oxygen atoms in total. The molecule has 1 aromatic carbocycles. The van der Waals surface area contributed by atoms with Crippen LogP contribution >= 0.6 is 22.7 Å². The van der Waals surface area contributed by atoms with Gasteiger partial charge in [-0.3, -0.25) is 4.79 Å². The molecule has 6 heteroatoms. The Hall–Kier alpha value is -2.83. The second-order valence-corrected chi connectivity index (χ2v) is 8.33. The zero-order valence-electron chi connectivity index (χ0n) is 14.9. The van der Waals surface area contributed by atoms with Crippen molar-refractivity contribution in [1.29, 1.82) is 0 Å². The number of aryl methyl sites for hydroxylation is 1. The number of carbonyl (C=O) groups excluding carboxylic acids is 1. The highest BCUT2D eigenvalue weighted by Gasteiger charge is 2.14. The van der Waals surface area contributed by atoms with E-state index in [9.17, 15) is 4.79 Å². The molecule has 27 heavy (non-hydrogen) atoms. The van der Waals surface area contributed by atoms with Gasteiger partial charge < -0.3 is 0 Å². The first kappa shape index (κ1) is 17.6. The first-order chi connectivity index (χ1) is 13.1. The van der Waals surface area contributed by atoms with Crippen LogP contribution in [0.3, 0.4) is 0 Å². The zero-order chi connectivity index (χ0) is 18.8. The van der Waals surface area contributed by atoms with E-state index in [1.165, 1.54) is 4.88 Å². The normalized spacial score (nSPS) is 11.7. The van der Waals surface area contributed by atoms with Crippen molar-refractivity contribution in [2.24, 2.45) is 5.10 Å². The van der Waals surface area contributed by atoms with Crippen LogP contribution < -0.4 is 5.43 Å². The zero-order valence-corrected chi connectivity index (χ0v) is 16.5. The Kier molecular flexibility index (Phi) is 4.83. The summed E-state index contributed by atoms with van der Waals surface area (Å²) < 4.78 is 0. The smallest absolute Gasteiger partial charge is 0.267 e. The highest BCUT2D eigenvalue weighted by atomic mass is 32.1. The number of benzene rings is 1. The van der Waals surface area contributed by atoms with E-state index in [0.717, 1.165) is 32.1 Å². The molecule has 1 N–H and O–H groups in total. The van der Waals surface area contributed by atoms with Crippen molar-refractivity contribution >= 4 is 45.2 Å². The molecular weight excluding hydrogens is 374 g/mol. The third kappa shape index (κ3) is 3.67. The standard InChI is InChI=1S/C21H17N3OS2/c1-13-9-10-20(27-13)18-12-16(15-6-3-4-7-17(15)22-18)21(25)24-23-14(2)19-8-5-11-26-19/h3-12H,1-2H3,(H,24,25)/b23-14+. The number of para-hydroxylation sites is 1. The van der Waals surface area contributed by atoms with E-state index in [1.54, 1.807) is 22.7 Å². The fourth-order valence-electron chi connectivity index (χ4n) is 2.80. The monoisotopic (exact) mass is 391 g/mol. The number of aromatic nitrogens is 1. The summed E-state index contributed by atoms with van der Waals surface area (Å²) in [7, 11) is 0. The minimum absolute atomic E-state index is 0.237. The molecule has 0 spiro atoms. The number of rotatable bonds is 4. The lowest BCUT2D eigenvalue weighted by Gasteiger charge is -2.08. The maximum absolute atomic E-state index is 12.9. The number of hydrogen-bond donors (Lipinski definition) is 1. The van der Waals surface area contributed by atoms with Crippen molar-refractivity contribution in [1.82, 2.24) is 10.4 Å². The van der Waals surface area contributed by atoms with Crippen LogP contribution in [0, 0.1) is 6.92 Å². The lowest BCUT2D eigenvalue weighted by atomic mass is 10.1. The summed E-state index contributed by atoms with van der Waals surface area (Å²) in [5.41, 5.74) is 5.65. The first-order valence-electron chi connectivity index (χ1n) is 8.47. The van der Waals surface area contributed by atoms with Crippen molar-refractivity contribution < 1.29 is 4.79 Å².